The molecule has 2 aliphatic heterocycles. The second-order valence-corrected chi connectivity index (χ2v) is 6.00. The summed E-state index contributed by atoms with van der Waals surface area (Å²) in [6.45, 7) is 4.54. The van der Waals surface area contributed by atoms with Crippen LogP contribution in [0.4, 0.5) is 0 Å². The van der Waals surface area contributed by atoms with E-state index in [-0.39, 0.29) is 12.0 Å². The summed E-state index contributed by atoms with van der Waals surface area (Å²) in [5, 5.41) is 4.21. The topological polar surface area (TPSA) is 60.2 Å². The summed E-state index contributed by atoms with van der Waals surface area (Å²) in [5.41, 5.74) is 0. The lowest BCUT2D eigenvalue weighted by Crippen LogP contribution is -2.47. The monoisotopic (exact) mass is 292 g/mol. The van der Waals surface area contributed by atoms with Gasteiger partial charge in [-0.15, -0.1) is 0 Å². The third-order valence-electron chi connectivity index (χ3n) is 4.75. The Morgan fingerprint density at radius 2 is 2.14 bits per heavy atom. The first-order valence-electron chi connectivity index (χ1n) is 8.04. The van der Waals surface area contributed by atoms with Gasteiger partial charge in [-0.25, -0.2) is 9.67 Å². The molecule has 0 saturated carbocycles. The second-order valence-electron chi connectivity index (χ2n) is 6.00. The number of piperidine rings is 1. The number of nitrogens with zero attached hydrogens (tertiary/aromatic N) is 4. The number of rotatable bonds is 3. The highest BCUT2D eigenvalue weighted by atomic mass is 16.5. The van der Waals surface area contributed by atoms with Crippen molar-refractivity contribution in [2.75, 3.05) is 19.7 Å². The fourth-order valence-electron chi connectivity index (χ4n) is 3.52. The van der Waals surface area contributed by atoms with Crippen molar-refractivity contribution < 1.29 is 9.53 Å². The van der Waals surface area contributed by atoms with Gasteiger partial charge in [-0.1, -0.05) is 6.92 Å². The number of aromatic nitrogens is 3. The highest BCUT2D eigenvalue weighted by Crippen LogP contribution is 2.28. The van der Waals surface area contributed by atoms with Gasteiger partial charge in [0.05, 0.1) is 18.1 Å². The molecule has 0 aromatic carbocycles. The maximum absolute atomic E-state index is 12.7. The molecule has 2 atom stereocenters. The fraction of sp³-hybridized carbons (Fsp3) is 0.800. The first-order valence-corrected chi connectivity index (χ1v) is 8.04. The molecule has 1 amide bonds. The number of carbonyl (C=O) groups excluding carboxylic acids is 1. The summed E-state index contributed by atoms with van der Waals surface area (Å²) in [7, 11) is 0. The molecule has 6 heteroatoms. The van der Waals surface area contributed by atoms with Crippen LogP contribution in [0.5, 0.6) is 0 Å². The molecule has 116 valence electrons. The molecular weight excluding hydrogens is 268 g/mol. The Labute approximate surface area is 125 Å². The van der Waals surface area contributed by atoms with Gasteiger partial charge in [0, 0.05) is 19.7 Å². The van der Waals surface area contributed by atoms with E-state index in [1.807, 2.05) is 9.58 Å². The van der Waals surface area contributed by atoms with Gasteiger partial charge in [0.25, 0.3) is 0 Å². The zero-order valence-electron chi connectivity index (χ0n) is 12.6. The molecular formula is C15H24N4O2. The van der Waals surface area contributed by atoms with E-state index in [1.54, 1.807) is 12.7 Å². The highest BCUT2D eigenvalue weighted by Gasteiger charge is 2.35. The van der Waals surface area contributed by atoms with E-state index < -0.39 is 0 Å². The zero-order valence-corrected chi connectivity index (χ0v) is 12.6. The van der Waals surface area contributed by atoms with Gasteiger partial charge >= 0.3 is 0 Å². The number of hydrogen-bond donors (Lipinski definition) is 0. The van der Waals surface area contributed by atoms with E-state index in [2.05, 4.69) is 17.0 Å². The van der Waals surface area contributed by atoms with Crippen LogP contribution >= 0.6 is 0 Å². The van der Waals surface area contributed by atoms with Crippen LogP contribution in [-0.2, 0) is 9.53 Å². The molecule has 0 aliphatic carbocycles. The molecule has 0 radical (unpaired) electrons. The Kier molecular flexibility index (Phi) is 4.53. The van der Waals surface area contributed by atoms with Crippen molar-refractivity contribution >= 4 is 5.91 Å². The average molecular weight is 292 g/mol. The normalized spacial score (nSPS) is 27.8. The minimum absolute atomic E-state index is 0.0617. The van der Waals surface area contributed by atoms with Crippen molar-refractivity contribution in [2.24, 2.45) is 5.92 Å². The van der Waals surface area contributed by atoms with E-state index >= 15 is 0 Å². The number of carbonyl (C=O) groups is 1. The van der Waals surface area contributed by atoms with Crippen molar-refractivity contribution in [3.05, 3.63) is 12.7 Å². The largest absolute Gasteiger partial charge is 0.377 e. The van der Waals surface area contributed by atoms with Gasteiger partial charge in [0.2, 0.25) is 5.91 Å². The Morgan fingerprint density at radius 1 is 1.33 bits per heavy atom. The molecule has 0 N–H and O–H groups in total. The molecule has 2 fully saturated rings. The van der Waals surface area contributed by atoms with Crippen LogP contribution in [0, 0.1) is 5.92 Å². The zero-order chi connectivity index (χ0) is 14.7. The first-order chi connectivity index (χ1) is 10.3. The van der Waals surface area contributed by atoms with E-state index in [1.165, 1.54) is 0 Å². The van der Waals surface area contributed by atoms with Crippen LogP contribution in [0.2, 0.25) is 0 Å². The standard InChI is InChI=1S/C15H24N4O2/c1-2-14-13(4-3-9-21-14)15(20)18-7-5-12(6-8-18)19-11-16-10-17-19/h10-14H,2-9H2,1H3/t13-,14+/m0/s1. The lowest BCUT2D eigenvalue weighted by atomic mass is 9.90. The van der Waals surface area contributed by atoms with Crippen LogP contribution in [-0.4, -0.2) is 51.4 Å². The minimum Gasteiger partial charge on any atom is -0.377 e. The van der Waals surface area contributed by atoms with E-state index in [9.17, 15) is 4.79 Å². The summed E-state index contributed by atoms with van der Waals surface area (Å²) in [6, 6.07) is 0.376. The Bertz CT molecular complexity index is 454. The van der Waals surface area contributed by atoms with Crippen molar-refractivity contribution in [3.8, 4) is 0 Å². The van der Waals surface area contributed by atoms with Crippen LogP contribution in [0.1, 0.15) is 45.1 Å². The van der Waals surface area contributed by atoms with Gasteiger partial charge in [-0.05, 0) is 32.1 Å². The molecule has 0 bridgehead atoms. The van der Waals surface area contributed by atoms with Crippen molar-refractivity contribution in [1.29, 1.82) is 0 Å². The first kappa shape index (κ1) is 14.5. The second kappa shape index (κ2) is 6.56. The summed E-state index contributed by atoms with van der Waals surface area (Å²) in [6.07, 6.45) is 8.26. The lowest BCUT2D eigenvalue weighted by Gasteiger charge is -2.37. The Balaban J connectivity index is 1.57. The number of likely N-dealkylation sites (tertiary alicyclic amines) is 1. The lowest BCUT2D eigenvalue weighted by molar-refractivity contribution is -0.146. The quantitative estimate of drug-likeness (QED) is 0.850. The minimum atomic E-state index is 0.0617. The van der Waals surface area contributed by atoms with Crippen LogP contribution < -0.4 is 0 Å². The highest BCUT2D eigenvalue weighted by molar-refractivity contribution is 5.79. The smallest absolute Gasteiger partial charge is 0.228 e. The Morgan fingerprint density at radius 3 is 2.81 bits per heavy atom. The van der Waals surface area contributed by atoms with Crippen molar-refractivity contribution in [3.63, 3.8) is 0 Å². The molecule has 2 saturated heterocycles. The molecule has 1 aromatic rings. The molecule has 6 nitrogen and oxygen atoms in total. The summed E-state index contributed by atoms with van der Waals surface area (Å²) >= 11 is 0. The molecule has 1 aromatic heterocycles. The van der Waals surface area contributed by atoms with Gasteiger partial charge < -0.3 is 9.64 Å². The predicted molar refractivity (Wildman–Crippen MR) is 77.6 cm³/mol. The van der Waals surface area contributed by atoms with Crippen LogP contribution in [0.3, 0.4) is 0 Å². The van der Waals surface area contributed by atoms with E-state index in [0.717, 1.165) is 51.8 Å². The Hall–Kier alpha value is -1.43. The number of ether oxygens (including phenoxy) is 1. The van der Waals surface area contributed by atoms with Crippen molar-refractivity contribution in [1.82, 2.24) is 19.7 Å². The van der Waals surface area contributed by atoms with E-state index in [0.29, 0.717) is 11.9 Å². The molecule has 3 rings (SSSR count). The van der Waals surface area contributed by atoms with Crippen LogP contribution in [0.15, 0.2) is 12.7 Å². The van der Waals surface area contributed by atoms with E-state index in [4.69, 9.17) is 4.74 Å². The molecule has 3 heterocycles. The number of amides is 1. The molecule has 0 spiro atoms. The molecule has 2 aliphatic rings. The predicted octanol–water partition coefficient (Wildman–Crippen LogP) is 1.65. The van der Waals surface area contributed by atoms with Gasteiger partial charge in [-0.2, -0.15) is 5.10 Å². The molecule has 0 unspecified atom stereocenters. The fourth-order valence-corrected chi connectivity index (χ4v) is 3.52. The van der Waals surface area contributed by atoms with Gasteiger partial charge in [0.1, 0.15) is 12.7 Å². The summed E-state index contributed by atoms with van der Waals surface area (Å²) in [4.78, 5) is 18.8. The maximum atomic E-state index is 12.7. The average Bonchev–Trinajstić information content (AvgIpc) is 3.09. The third-order valence-corrected chi connectivity index (χ3v) is 4.75. The molecule has 21 heavy (non-hydrogen) atoms. The summed E-state index contributed by atoms with van der Waals surface area (Å²) in [5.74, 6) is 0.352. The van der Waals surface area contributed by atoms with Crippen LogP contribution in [0.25, 0.3) is 0 Å². The third kappa shape index (κ3) is 3.10. The SMILES string of the molecule is CC[C@H]1OCCC[C@@H]1C(=O)N1CCC(n2cncn2)CC1. The van der Waals surface area contributed by atoms with Gasteiger partial charge in [0.15, 0.2) is 0 Å². The maximum Gasteiger partial charge on any atom is 0.228 e. The van der Waals surface area contributed by atoms with Crippen molar-refractivity contribution in [2.45, 2.75) is 51.2 Å². The summed E-state index contributed by atoms with van der Waals surface area (Å²) < 4.78 is 7.68. The number of hydrogen-bond acceptors (Lipinski definition) is 4. The van der Waals surface area contributed by atoms with Gasteiger partial charge in [-0.3, -0.25) is 4.79 Å².